The third-order valence-corrected chi connectivity index (χ3v) is 6.08. The number of nitrogens with zero attached hydrogens (tertiary/aromatic N) is 3. The summed E-state index contributed by atoms with van der Waals surface area (Å²) in [4.78, 5) is 22.9. The Bertz CT molecular complexity index is 913. The second-order valence-electron chi connectivity index (χ2n) is 8.82. The van der Waals surface area contributed by atoms with Gasteiger partial charge in [0, 0.05) is 29.0 Å². The molecule has 1 amide bonds. The van der Waals surface area contributed by atoms with E-state index in [1.54, 1.807) is 0 Å². The lowest BCUT2D eigenvalue weighted by Crippen LogP contribution is -2.43. The number of nitrogens with one attached hydrogen (secondary N) is 1. The second-order valence-corrected chi connectivity index (χ2v) is 9.74. The van der Waals surface area contributed by atoms with Crippen LogP contribution in [0.5, 0.6) is 0 Å². The summed E-state index contributed by atoms with van der Waals surface area (Å²) in [5.74, 6) is 1.05. The minimum atomic E-state index is -0.459. The van der Waals surface area contributed by atoms with Crippen molar-refractivity contribution in [2.24, 2.45) is 5.41 Å². The normalized spacial score (nSPS) is 21.0. The van der Waals surface area contributed by atoms with Crippen LogP contribution in [-0.4, -0.2) is 45.7 Å². The summed E-state index contributed by atoms with van der Waals surface area (Å²) in [5, 5.41) is 4.54. The first-order chi connectivity index (χ1) is 13.2. The molecule has 1 spiro atoms. The van der Waals surface area contributed by atoms with Gasteiger partial charge in [0.15, 0.2) is 0 Å². The lowest BCUT2D eigenvalue weighted by molar-refractivity contribution is 0.0171. The number of benzene rings is 1. The molecule has 1 saturated carbocycles. The molecular formula is C20H26BrN5O2. The van der Waals surface area contributed by atoms with E-state index in [2.05, 4.69) is 31.2 Å². The number of nitrogen functional groups attached to an aromatic ring is 1. The van der Waals surface area contributed by atoms with Gasteiger partial charge in [-0.2, -0.15) is 4.98 Å². The average Bonchev–Trinajstić information content (AvgIpc) is 3.24. The Morgan fingerprint density at radius 3 is 2.71 bits per heavy atom. The number of fused-ring (bicyclic) bond motifs is 1. The number of amides is 1. The van der Waals surface area contributed by atoms with Crippen molar-refractivity contribution < 1.29 is 9.53 Å². The average molecular weight is 448 g/mol. The van der Waals surface area contributed by atoms with Gasteiger partial charge in [0.25, 0.3) is 0 Å². The number of hydrogen-bond acceptors (Lipinski definition) is 6. The number of rotatable bonds is 2. The fourth-order valence-electron chi connectivity index (χ4n) is 3.96. The molecule has 0 unspecified atom stereocenters. The second kappa shape index (κ2) is 6.76. The molecule has 1 aliphatic heterocycles. The number of anilines is 2. The third-order valence-electron chi connectivity index (χ3n) is 5.59. The number of nitrogens with two attached hydrogens (primary N) is 1. The van der Waals surface area contributed by atoms with Gasteiger partial charge in [-0.1, -0.05) is 15.9 Å². The summed E-state index contributed by atoms with van der Waals surface area (Å²) < 4.78 is 6.46. The highest BCUT2D eigenvalue weighted by Gasteiger charge is 2.55. The number of aromatic nitrogens is 2. The van der Waals surface area contributed by atoms with Crippen molar-refractivity contribution in [3.05, 3.63) is 22.7 Å². The first kappa shape index (κ1) is 19.2. The van der Waals surface area contributed by atoms with Gasteiger partial charge in [0.05, 0.1) is 5.52 Å². The summed E-state index contributed by atoms with van der Waals surface area (Å²) in [6.07, 6.45) is 2.80. The van der Waals surface area contributed by atoms with Crippen LogP contribution in [0.1, 0.15) is 40.0 Å². The van der Waals surface area contributed by atoms with Crippen molar-refractivity contribution in [3.63, 3.8) is 0 Å². The maximum Gasteiger partial charge on any atom is 0.410 e. The molecule has 2 aromatic rings. The number of ether oxygens (including phenoxy) is 1. The SMILES string of the molecule is CC(C)(C)OC(=O)N1CCC2(CC1)C[C@H]2Nc1nc(N)nc2cc(Br)ccc12. The van der Waals surface area contributed by atoms with Crippen molar-refractivity contribution in [1.82, 2.24) is 14.9 Å². The molecule has 1 aromatic heterocycles. The third kappa shape index (κ3) is 3.87. The summed E-state index contributed by atoms with van der Waals surface area (Å²) in [5.41, 5.74) is 6.49. The quantitative estimate of drug-likeness (QED) is 0.716. The van der Waals surface area contributed by atoms with E-state index in [1.807, 2.05) is 43.9 Å². The van der Waals surface area contributed by atoms with Crippen LogP contribution in [0.4, 0.5) is 16.6 Å². The highest BCUT2D eigenvalue weighted by molar-refractivity contribution is 9.10. The largest absolute Gasteiger partial charge is 0.444 e. The number of hydrogen-bond donors (Lipinski definition) is 2. The summed E-state index contributed by atoms with van der Waals surface area (Å²) in [6.45, 7) is 7.15. The maximum atomic E-state index is 12.3. The Kier molecular flexibility index (Phi) is 4.64. The summed E-state index contributed by atoms with van der Waals surface area (Å²) >= 11 is 3.47. The van der Waals surface area contributed by atoms with E-state index in [4.69, 9.17) is 10.5 Å². The zero-order valence-electron chi connectivity index (χ0n) is 16.5. The van der Waals surface area contributed by atoms with Gasteiger partial charge in [0.2, 0.25) is 5.95 Å². The first-order valence-corrected chi connectivity index (χ1v) is 10.4. The van der Waals surface area contributed by atoms with E-state index in [1.165, 1.54) is 0 Å². The van der Waals surface area contributed by atoms with E-state index in [-0.39, 0.29) is 17.5 Å². The van der Waals surface area contributed by atoms with Crippen LogP contribution in [0, 0.1) is 5.41 Å². The maximum absolute atomic E-state index is 12.3. The molecule has 1 saturated heterocycles. The molecule has 1 aliphatic carbocycles. The Morgan fingerprint density at radius 1 is 1.32 bits per heavy atom. The minimum absolute atomic E-state index is 0.215. The van der Waals surface area contributed by atoms with Crippen LogP contribution >= 0.6 is 15.9 Å². The Balaban J connectivity index is 1.42. The van der Waals surface area contributed by atoms with Gasteiger partial charge in [-0.05, 0) is 63.6 Å². The van der Waals surface area contributed by atoms with Crippen molar-refractivity contribution in [1.29, 1.82) is 0 Å². The van der Waals surface area contributed by atoms with E-state index >= 15 is 0 Å². The zero-order chi connectivity index (χ0) is 20.1. The molecule has 2 aliphatic rings. The van der Waals surface area contributed by atoms with Crippen LogP contribution in [0.25, 0.3) is 10.9 Å². The number of piperidine rings is 1. The van der Waals surface area contributed by atoms with Crippen molar-refractivity contribution in [3.8, 4) is 0 Å². The molecule has 1 aromatic carbocycles. The standard InChI is InChI=1S/C20H26BrN5O2/c1-19(2,3)28-18(27)26-8-6-20(7-9-26)11-15(20)24-16-13-5-4-12(21)10-14(13)23-17(22)25-16/h4-5,10,15H,6-9,11H2,1-3H3,(H3,22,23,24,25)/t15-/m1/s1. The van der Waals surface area contributed by atoms with E-state index in [0.717, 1.165) is 53.5 Å². The van der Waals surface area contributed by atoms with Gasteiger partial charge in [-0.3, -0.25) is 0 Å². The fourth-order valence-corrected chi connectivity index (χ4v) is 4.31. The lowest BCUT2D eigenvalue weighted by atomic mass is 9.93. The number of halogens is 1. The predicted molar refractivity (Wildman–Crippen MR) is 113 cm³/mol. The van der Waals surface area contributed by atoms with Crippen LogP contribution in [0.15, 0.2) is 22.7 Å². The van der Waals surface area contributed by atoms with E-state index < -0.39 is 5.60 Å². The smallest absolute Gasteiger partial charge is 0.410 e. The molecular weight excluding hydrogens is 422 g/mol. The van der Waals surface area contributed by atoms with E-state index in [9.17, 15) is 4.79 Å². The Morgan fingerprint density at radius 2 is 2.04 bits per heavy atom. The zero-order valence-corrected chi connectivity index (χ0v) is 18.0. The van der Waals surface area contributed by atoms with Gasteiger partial charge in [-0.15, -0.1) is 0 Å². The van der Waals surface area contributed by atoms with E-state index in [0.29, 0.717) is 6.04 Å². The van der Waals surface area contributed by atoms with Crippen LogP contribution in [0.3, 0.4) is 0 Å². The number of likely N-dealkylation sites (tertiary alicyclic amines) is 1. The fraction of sp³-hybridized carbons (Fsp3) is 0.550. The molecule has 3 N–H and O–H groups in total. The molecule has 28 heavy (non-hydrogen) atoms. The molecule has 0 bridgehead atoms. The predicted octanol–water partition coefficient (Wildman–Crippen LogP) is 4.18. The molecule has 7 nitrogen and oxygen atoms in total. The highest BCUT2D eigenvalue weighted by Crippen LogP contribution is 2.55. The van der Waals surface area contributed by atoms with Crippen LogP contribution in [0.2, 0.25) is 0 Å². The van der Waals surface area contributed by atoms with Gasteiger partial charge >= 0.3 is 6.09 Å². The highest BCUT2D eigenvalue weighted by atomic mass is 79.9. The molecule has 2 fully saturated rings. The van der Waals surface area contributed by atoms with Crippen molar-refractivity contribution in [2.45, 2.75) is 51.7 Å². The molecule has 0 radical (unpaired) electrons. The summed E-state index contributed by atoms with van der Waals surface area (Å²) in [7, 11) is 0. The Hall–Kier alpha value is -2.09. The van der Waals surface area contributed by atoms with Gasteiger partial charge in [0.1, 0.15) is 11.4 Å². The van der Waals surface area contributed by atoms with Crippen molar-refractivity contribution in [2.75, 3.05) is 24.1 Å². The Labute approximate surface area is 173 Å². The monoisotopic (exact) mass is 447 g/mol. The van der Waals surface area contributed by atoms with Gasteiger partial charge < -0.3 is 20.7 Å². The van der Waals surface area contributed by atoms with Crippen LogP contribution in [-0.2, 0) is 4.74 Å². The van der Waals surface area contributed by atoms with Crippen molar-refractivity contribution >= 4 is 44.7 Å². The number of carbonyl (C=O) groups is 1. The molecule has 4 rings (SSSR count). The first-order valence-electron chi connectivity index (χ1n) is 9.62. The van der Waals surface area contributed by atoms with Gasteiger partial charge in [-0.25, -0.2) is 9.78 Å². The lowest BCUT2D eigenvalue weighted by Gasteiger charge is -2.34. The van der Waals surface area contributed by atoms with Crippen LogP contribution < -0.4 is 11.1 Å². The molecule has 150 valence electrons. The minimum Gasteiger partial charge on any atom is -0.444 e. The summed E-state index contributed by atoms with van der Waals surface area (Å²) in [6, 6.07) is 6.27. The topological polar surface area (TPSA) is 93.4 Å². The molecule has 1 atom stereocenters. The molecule has 8 heteroatoms. The number of carbonyl (C=O) groups excluding carboxylic acids is 1. The molecule has 2 heterocycles.